The third kappa shape index (κ3) is 4.22. The third-order valence-corrected chi connectivity index (χ3v) is 7.84. The second kappa shape index (κ2) is 9.49. The fraction of sp³-hybridized carbons (Fsp3) is 0.321. The highest BCUT2D eigenvalue weighted by Gasteiger charge is 2.44. The largest absolute Gasteiger partial charge is 0.387 e. The van der Waals surface area contributed by atoms with E-state index in [0.29, 0.717) is 52.1 Å². The summed E-state index contributed by atoms with van der Waals surface area (Å²) in [5, 5.41) is 13.8. The van der Waals surface area contributed by atoms with Crippen molar-refractivity contribution in [2.24, 2.45) is 0 Å². The summed E-state index contributed by atoms with van der Waals surface area (Å²) in [5.41, 5.74) is 9.88. The van der Waals surface area contributed by atoms with Crippen molar-refractivity contribution < 1.29 is 23.5 Å². The molecule has 2 saturated heterocycles. The lowest BCUT2D eigenvalue weighted by Crippen LogP contribution is -2.47. The second-order valence-corrected chi connectivity index (χ2v) is 10.2. The molecule has 2 fully saturated rings. The molecule has 6 rings (SSSR count). The van der Waals surface area contributed by atoms with Crippen LogP contribution in [0, 0.1) is 11.6 Å². The number of aromatic nitrogens is 4. The Labute approximate surface area is 222 Å². The van der Waals surface area contributed by atoms with Gasteiger partial charge < -0.3 is 15.7 Å². The van der Waals surface area contributed by atoms with Crippen LogP contribution in [-0.4, -0.2) is 60.0 Å². The molecule has 39 heavy (non-hydrogen) atoms. The van der Waals surface area contributed by atoms with Gasteiger partial charge in [0, 0.05) is 47.0 Å². The first-order chi connectivity index (χ1) is 18.7. The van der Waals surface area contributed by atoms with E-state index in [1.54, 1.807) is 29.4 Å². The molecule has 3 N–H and O–H groups in total. The first-order valence-corrected chi connectivity index (χ1v) is 12.8. The molecule has 2 aliphatic heterocycles. The minimum Gasteiger partial charge on any atom is -0.387 e. The molecule has 0 spiro atoms. The summed E-state index contributed by atoms with van der Waals surface area (Å²) in [7, 11) is 0. The standard InChI is InChI=1S/C28H26F2N6O3/c1-14(38)25-26(17-8-20-3-4-21(9-17)35(20)24(39)13-37)34-28-22(12-33-36(28)27(25)31)15-2-5-23(32-11-15)16-6-18(29)10-19(30)7-16/h2,5-7,10-12,17,20-21,37H,3-4,8-9,13,31H2,1H3/t17?,20-,21+. The lowest BCUT2D eigenvalue weighted by atomic mass is 9.85. The quantitative estimate of drug-likeness (QED) is 0.375. The molecule has 1 amide bonds. The van der Waals surface area contributed by atoms with Gasteiger partial charge >= 0.3 is 0 Å². The van der Waals surface area contributed by atoms with E-state index >= 15 is 0 Å². The molecule has 0 saturated carbocycles. The molecule has 4 aromatic rings. The highest BCUT2D eigenvalue weighted by atomic mass is 19.1. The van der Waals surface area contributed by atoms with E-state index in [1.165, 1.54) is 23.6 Å². The van der Waals surface area contributed by atoms with Crippen molar-refractivity contribution in [2.75, 3.05) is 12.3 Å². The van der Waals surface area contributed by atoms with E-state index < -0.39 is 18.2 Å². The first kappa shape index (κ1) is 25.1. The van der Waals surface area contributed by atoms with E-state index in [9.17, 15) is 23.5 Å². The maximum absolute atomic E-state index is 13.7. The zero-order valence-electron chi connectivity index (χ0n) is 21.1. The molecule has 2 bridgehead atoms. The van der Waals surface area contributed by atoms with Crippen LogP contribution in [0.25, 0.3) is 28.0 Å². The lowest BCUT2D eigenvalue weighted by molar-refractivity contribution is -0.138. The molecule has 11 heteroatoms. The van der Waals surface area contributed by atoms with Crippen molar-refractivity contribution in [2.45, 2.75) is 50.6 Å². The van der Waals surface area contributed by atoms with Gasteiger partial charge in [0.1, 0.15) is 24.1 Å². The smallest absolute Gasteiger partial charge is 0.248 e. The van der Waals surface area contributed by atoms with Crippen LogP contribution in [0.2, 0.25) is 0 Å². The lowest BCUT2D eigenvalue weighted by Gasteiger charge is -2.39. The molecule has 0 radical (unpaired) electrons. The summed E-state index contributed by atoms with van der Waals surface area (Å²) in [5.74, 6) is -1.77. The number of rotatable bonds is 5. The van der Waals surface area contributed by atoms with Crippen LogP contribution in [0.5, 0.6) is 0 Å². The number of anilines is 1. The topological polar surface area (TPSA) is 127 Å². The number of fused-ring (bicyclic) bond motifs is 3. The van der Waals surface area contributed by atoms with E-state index in [4.69, 9.17) is 10.7 Å². The van der Waals surface area contributed by atoms with Gasteiger partial charge in [-0.05, 0) is 50.8 Å². The van der Waals surface area contributed by atoms with E-state index in [2.05, 4.69) is 10.1 Å². The van der Waals surface area contributed by atoms with Gasteiger partial charge in [0.05, 0.1) is 23.1 Å². The number of nitrogen functional groups attached to an aromatic ring is 1. The fourth-order valence-electron chi connectivity index (χ4n) is 6.21. The van der Waals surface area contributed by atoms with Crippen molar-refractivity contribution in [3.8, 4) is 22.4 Å². The molecule has 3 aromatic heterocycles. The van der Waals surface area contributed by atoms with Crippen molar-refractivity contribution in [1.82, 2.24) is 24.5 Å². The van der Waals surface area contributed by atoms with Crippen molar-refractivity contribution >= 4 is 23.2 Å². The van der Waals surface area contributed by atoms with E-state index in [1.807, 2.05) is 0 Å². The first-order valence-electron chi connectivity index (χ1n) is 12.8. The Hall–Kier alpha value is -4.25. The number of pyridine rings is 1. The summed E-state index contributed by atoms with van der Waals surface area (Å²) >= 11 is 0. The molecule has 2 aliphatic rings. The third-order valence-electron chi connectivity index (χ3n) is 7.84. The van der Waals surface area contributed by atoms with Crippen LogP contribution in [0.4, 0.5) is 14.6 Å². The van der Waals surface area contributed by atoms with Crippen molar-refractivity contribution in [3.63, 3.8) is 0 Å². The SMILES string of the molecule is CC(=O)c1c(C2C[C@H]3CC[C@@H](C2)N3C(=O)CO)nc2c(-c3ccc(-c4cc(F)cc(F)c4)nc3)cnn2c1N. The summed E-state index contributed by atoms with van der Waals surface area (Å²) in [6, 6.07) is 6.60. The van der Waals surface area contributed by atoms with E-state index in [0.717, 1.165) is 18.9 Å². The number of nitrogens with two attached hydrogens (primary N) is 1. The summed E-state index contributed by atoms with van der Waals surface area (Å²) in [4.78, 5) is 36.2. The Morgan fingerprint density at radius 2 is 1.74 bits per heavy atom. The van der Waals surface area contributed by atoms with Crippen LogP contribution >= 0.6 is 0 Å². The van der Waals surface area contributed by atoms with Gasteiger partial charge in [0.15, 0.2) is 11.4 Å². The van der Waals surface area contributed by atoms with Crippen LogP contribution in [0.1, 0.15) is 54.6 Å². The molecular formula is C28H26F2N6O3. The molecule has 1 aromatic carbocycles. The number of ketones is 1. The number of aliphatic hydroxyl groups excluding tert-OH is 1. The number of aliphatic hydroxyl groups is 1. The molecule has 3 atom stereocenters. The molecule has 5 heterocycles. The number of nitrogens with zero attached hydrogens (tertiary/aromatic N) is 5. The van der Waals surface area contributed by atoms with Crippen molar-refractivity contribution in [3.05, 3.63) is 65.6 Å². The highest BCUT2D eigenvalue weighted by molar-refractivity contribution is 6.00. The number of benzene rings is 1. The molecular weight excluding hydrogens is 506 g/mol. The predicted molar refractivity (Wildman–Crippen MR) is 139 cm³/mol. The Balaban J connectivity index is 1.40. The van der Waals surface area contributed by atoms with Gasteiger partial charge in [-0.25, -0.2) is 13.8 Å². The monoisotopic (exact) mass is 532 g/mol. The van der Waals surface area contributed by atoms with Crippen LogP contribution in [0.15, 0.2) is 42.7 Å². The van der Waals surface area contributed by atoms with Crippen LogP contribution < -0.4 is 5.73 Å². The Bertz CT molecular complexity index is 1590. The minimum absolute atomic E-state index is 0.0266. The Morgan fingerprint density at radius 3 is 2.33 bits per heavy atom. The number of hydrogen-bond donors (Lipinski definition) is 2. The van der Waals surface area contributed by atoms with Gasteiger partial charge in [-0.2, -0.15) is 9.61 Å². The number of halogens is 2. The van der Waals surface area contributed by atoms with Gasteiger partial charge in [0.2, 0.25) is 5.91 Å². The zero-order chi connectivity index (χ0) is 27.4. The molecule has 9 nitrogen and oxygen atoms in total. The minimum atomic E-state index is -0.688. The van der Waals surface area contributed by atoms with Crippen LogP contribution in [-0.2, 0) is 4.79 Å². The maximum Gasteiger partial charge on any atom is 0.248 e. The number of hydrogen-bond acceptors (Lipinski definition) is 7. The number of carbonyl (C=O) groups excluding carboxylic acids is 2. The summed E-state index contributed by atoms with van der Waals surface area (Å²) in [6.07, 6.45) is 6.09. The van der Waals surface area contributed by atoms with E-state index in [-0.39, 0.29) is 35.5 Å². The average Bonchev–Trinajstić information content (AvgIpc) is 3.45. The number of piperidine rings is 1. The number of amides is 1. The van der Waals surface area contributed by atoms with Gasteiger partial charge in [-0.15, -0.1) is 0 Å². The van der Waals surface area contributed by atoms with Gasteiger partial charge in [0.25, 0.3) is 0 Å². The fourth-order valence-corrected chi connectivity index (χ4v) is 6.21. The Morgan fingerprint density at radius 1 is 1.05 bits per heavy atom. The average molecular weight is 533 g/mol. The summed E-state index contributed by atoms with van der Waals surface area (Å²) < 4.78 is 28.8. The Kier molecular flexibility index (Phi) is 6.10. The summed E-state index contributed by atoms with van der Waals surface area (Å²) in [6.45, 7) is 0.928. The second-order valence-electron chi connectivity index (χ2n) is 10.2. The normalized spacial score (nSPS) is 20.5. The molecule has 1 unspecified atom stereocenters. The zero-order valence-corrected chi connectivity index (χ0v) is 21.1. The number of Topliss-reactive ketones (excluding diaryl/α,β-unsaturated/α-hetero) is 1. The predicted octanol–water partition coefficient (Wildman–Crippen LogP) is 3.75. The van der Waals surface area contributed by atoms with Crippen LogP contribution in [0.3, 0.4) is 0 Å². The maximum atomic E-state index is 13.7. The molecule has 200 valence electrons. The highest BCUT2D eigenvalue weighted by Crippen LogP contribution is 2.44. The number of carbonyl (C=O) groups is 2. The van der Waals surface area contributed by atoms with Gasteiger partial charge in [-0.3, -0.25) is 14.6 Å². The molecule has 0 aliphatic carbocycles. The van der Waals surface area contributed by atoms with Gasteiger partial charge in [-0.1, -0.05) is 6.07 Å². The van der Waals surface area contributed by atoms with Crippen molar-refractivity contribution in [1.29, 1.82) is 0 Å².